The van der Waals surface area contributed by atoms with Gasteiger partial charge < -0.3 is 0 Å². The molecule has 0 atom stereocenters. The van der Waals surface area contributed by atoms with Crippen molar-refractivity contribution in [2.75, 3.05) is 7.05 Å². The van der Waals surface area contributed by atoms with E-state index in [4.69, 9.17) is 12.2 Å². The monoisotopic (exact) mass is 345 g/mol. The van der Waals surface area contributed by atoms with E-state index in [0.717, 1.165) is 28.6 Å². The summed E-state index contributed by atoms with van der Waals surface area (Å²) in [6, 6.07) is 8.24. The fourth-order valence-corrected chi connectivity index (χ4v) is 3.14. The first-order valence-electron chi connectivity index (χ1n) is 7.35. The third-order valence-electron chi connectivity index (χ3n) is 3.49. The number of aryl methyl sites for hydroxylation is 2. The van der Waals surface area contributed by atoms with Crippen LogP contribution in [-0.4, -0.2) is 31.7 Å². The number of aromatic amines is 1. The molecule has 5 nitrogen and oxygen atoms in total. The van der Waals surface area contributed by atoms with E-state index in [1.807, 2.05) is 18.7 Å². The molecule has 1 N–H and O–H groups in total. The number of hydrogen-bond donors (Lipinski definition) is 1. The average molecular weight is 345 g/mol. The molecule has 0 saturated heterocycles. The van der Waals surface area contributed by atoms with Gasteiger partial charge in [-0.15, -0.1) is 11.3 Å². The minimum Gasteiger partial charge on any atom is -0.282 e. The summed E-state index contributed by atoms with van der Waals surface area (Å²) in [6.45, 7) is 5.52. The van der Waals surface area contributed by atoms with Crippen LogP contribution in [0.3, 0.4) is 0 Å². The first-order chi connectivity index (χ1) is 11.0. The number of H-pyrrole nitrogens is 1. The molecule has 0 aliphatic carbocycles. The van der Waals surface area contributed by atoms with Gasteiger partial charge in [-0.25, -0.2) is 9.67 Å². The highest BCUT2D eigenvalue weighted by molar-refractivity contribution is 7.71. The van der Waals surface area contributed by atoms with Crippen molar-refractivity contribution in [2.45, 2.75) is 27.1 Å². The second-order valence-electron chi connectivity index (χ2n) is 5.66. The summed E-state index contributed by atoms with van der Waals surface area (Å²) in [5.41, 5.74) is 3.35. The molecule has 0 spiro atoms. The highest BCUT2D eigenvalue weighted by Gasteiger charge is 2.08. The number of hydrogen-bond acceptors (Lipinski definition) is 5. The van der Waals surface area contributed by atoms with E-state index in [1.54, 1.807) is 11.3 Å². The zero-order chi connectivity index (χ0) is 16.4. The van der Waals surface area contributed by atoms with Gasteiger partial charge in [-0.05, 0) is 33.1 Å². The van der Waals surface area contributed by atoms with Gasteiger partial charge in [-0.1, -0.05) is 29.8 Å². The summed E-state index contributed by atoms with van der Waals surface area (Å²) in [7, 11) is 2.04. The highest BCUT2D eigenvalue weighted by Crippen LogP contribution is 2.16. The molecular formula is C16H19N5S2. The Hall–Kier alpha value is -1.83. The highest BCUT2D eigenvalue weighted by atomic mass is 32.1. The summed E-state index contributed by atoms with van der Waals surface area (Å²) < 4.78 is 2.44. The fourth-order valence-electron chi connectivity index (χ4n) is 2.34. The molecule has 0 aliphatic heterocycles. The molecule has 3 rings (SSSR count). The molecule has 0 unspecified atom stereocenters. The number of rotatable bonds is 5. The van der Waals surface area contributed by atoms with Crippen LogP contribution >= 0.6 is 23.6 Å². The van der Waals surface area contributed by atoms with Gasteiger partial charge in [-0.3, -0.25) is 10.00 Å². The van der Waals surface area contributed by atoms with Crippen LogP contribution in [0, 0.1) is 18.6 Å². The van der Waals surface area contributed by atoms with E-state index in [-0.39, 0.29) is 0 Å². The Bertz CT molecular complexity index is 844. The van der Waals surface area contributed by atoms with E-state index in [9.17, 15) is 0 Å². The van der Waals surface area contributed by atoms with Crippen molar-refractivity contribution in [3.63, 3.8) is 0 Å². The van der Waals surface area contributed by atoms with E-state index in [2.05, 4.69) is 56.5 Å². The molecule has 23 heavy (non-hydrogen) atoms. The number of benzene rings is 1. The van der Waals surface area contributed by atoms with Crippen LogP contribution in [0.1, 0.15) is 16.3 Å². The lowest BCUT2D eigenvalue weighted by Gasteiger charge is -2.15. The Balaban J connectivity index is 1.73. The fraction of sp³-hybridized carbons (Fsp3) is 0.312. The van der Waals surface area contributed by atoms with Crippen molar-refractivity contribution in [3.05, 3.63) is 50.7 Å². The van der Waals surface area contributed by atoms with Crippen molar-refractivity contribution in [1.82, 2.24) is 24.6 Å². The minimum absolute atomic E-state index is 0.557. The van der Waals surface area contributed by atoms with Gasteiger partial charge >= 0.3 is 0 Å². The molecule has 0 saturated carbocycles. The topological polar surface area (TPSA) is 49.7 Å². The quantitative estimate of drug-likeness (QED) is 0.715. The van der Waals surface area contributed by atoms with E-state index >= 15 is 0 Å². The number of aromatic nitrogens is 4. The molecule has 2 heterocycles. The first-order valence-corrected chi connectivity index (χ1v) is 8.63. The Morgan fingerprint density at radius 2 is 1.96 bits per heavy atom. The van der Waals surface area contributed by atoms with Crippen molar-refractivity contribution in [1.29, 1.82) is 0 Å². The lowest BCUT2D eigenvalue weighted by molar-refractivity contribution is 0.242. The van der Waals surface area contributed by atoms with Crippen molar-refractivity contribution >= 4 is 23.6 Å². The molecular weight excluding hydrogens is 326 g/mol. The van der Waals surface area contributed by atoms with Crippen LogP contribution in [0.5, 0.6) is 0 Å². The lowest BCUT2D eigenvalue weighted by atomic mass is 10.1. The van der Waals surface area contributed by atoms with E-state index < -0.39 is 0 Å². The summed E-state index contributed by atoms with van der Waals surface area (Å²) in [5, 5.41) is 6.47. The molecule has 120 valence electrons. The zero-order valence-corrected chi connectivity index (χ0v) is 15.0. The van der Waals surface area contributed by atoms with Crippen LogP contribution in [0.15, 0.2) is 29.6 Å². The van der Waals surface area contributed by atoms with Gasteiger partial charge in [0, 0.05) is 17.5 Å². The smallest absolute Gasteiger partial charge is 0.217 e. The van der Waals surface area contributed by atoms with Gasteiger partial charge in [0.2, 0.25) is 4.77 Å². The van der Waals surface area contributed by atoms with Gasteiger partial charge in [0.1, 0.15) is 0 Å². The predicted molar refractivity (Wildman–Crippen MR) is 95.9 cm³/mol. The van der Waals surface area contributed by atoms with E-state index in [0.29, 0.717) is 11.4 Å². The molecule has 7 heteroatoms. The van der Waals surface area contributed by atoms with Crippen molar-refractivity contribution < 1.29 is 0 Å². The summed E-state index contributed by atoms with van der Waals surface area (Å²) in [5.74, 6) is 0.799. The first kappa shape index (κ1) is 16.0. The number of nitrogens with one attached hydrogen (secondary N) is 1. The third-order valence-corrected chi connectivity index (χ3v) is 4.62. The van der Waals surface area contributed by atoms with Crippen molar-refractivity contribution in [3.8, 4) is 11.4 Å². The lowest BCUT2D eigenvalue weighted by Crippen LogP contribution is -2.22. The molecule has 2 aromatic heterocycles. The van der Waals surface area contributed by atoms with Crippen LogP contribution in [0.4, 0.5) is 0 Å². The molecule has 0 aliphatic rings. The second kappa shape index (κ2) is 6.74. The Morgan fingerprint density at radius 3 is 2.61 bits per heavy atom. The second-order valence-corrected chi connectivity index (χ2v) is 7.09. The maximum atomic E-state index is 5.37. The van der Waals surface area contributed by atoms with Gasteiger partial charge in [0.05, 0.1) is 17.4 Å². The standard InChI is InChI=1S/C16H19N5S2/c1-11-4-6-13(7-5-11)15-18-16(22)21(19-15)10-20(3)8-14-9-23-12(2)17-14/h4-7,9H,8,10H2,1-3H3,(H,18,19,22). The Morgan fingerprint density at radius 1 is 1.22 bits per heavy atom. The normalized spacial score (nSPS) is 11.3. The molecule has 0 radical (unpaired) electrons. The Labute approximate surface area is 144 Å². The molecule has 0 bridgehead atoms. The predicted octanol–water partition coefficient (Wildman–Crippen LogP) is 3.77. The summed E-state index contributed by atoms with van der Waals surface area (Å²) in [6.07, 6.45) is 0. The Kier molecular flexibility index (Phi) is 4.70. The van der Waals surface area contributed by atoms with Crippen LogP contribution < -0.4 is 0 Å². The molecule has 3 aromatic rings. The molecule has 0 amide bonds. The third kappa shape index (κ3) is 3.93. The zero-order valence-electron chi connectivity index (χ0n) is 13.4. The van der Waals surface area contributed by atoms with Gasteiger partial charge in [0.25, 0.3) is 0 Å². The van der Waals surface area contributed by atoms with Gasteiger partial charge in [0.15, 0.2) is 5.82 Å². The average Bonchev–Trinajstić information content (AvgIpc) is 3.06. The number of thiazole rings is 1. The maximum Gasteiger partial charge on any atom is 0.217 e. The largest absolute Gasteiger partial charge is 0.282 e. The number of nitrogens with zero attached hydrogens (tertiary/aromatic N) is 4. The maximum absolute atomic E-state index is 5.37. The minimum atomic E-state index is 0.557. The van der Waals surface area contributed by atoms with Crippen molar-refractivity contribution in [2.24, 2.45) is 0 Å². The van der Waals surface area contributed by atoms with Crippen LogP contribution in [0.2, 0.25) is 0 Å². The SMILES string of the molecule is Cc1ccc(-c2nc(=S)n(CN(C)Cc3csc(C)n3)[nH]2)cc1. The molecule has 1 aromatic carbocycles. The summed E-state index contributed by atoms with van der Waals surface area (Å²) >= 11 is 7.04. The van der Waals surface area contributed by atoms with Crippen LogP contribution in [-0.2, 0) is 13.2 Å². The van der Waals surface area contributed by atoms with Crippen LogP contribution in [0.25, 0.3) is 11.4 Å². The van der Waals surface area contributed by atoms with E-state index in [1.165, 1.54) is 5.56 Å². The summed E-state index contributed by atoms with van der Waals surface area (Å²) in [4.78, 5) is 11.1. The molecule has 0 fully saturated rings. The van der Waals surface area contributed by atoms with Gasteiger partial charge in [-0.2, -0.15) is 4.98 Å².